The summed E-state index contributed by atoms with van der Waals surface area (Å²) >= 11 is 0. The van der Waals surface area contributed by atoms with Crippen molar-refractivity contribution in [2.45, 2.75) is 197 Å². The lowest BCUT2D eigenvalue weighted by molar-refractivity contribution is 0.106. The van der Waals surface area contributed by atoms with Crippen LogP contribution in [-0.2, 0) is 0 Å². The zero-order valence-corrected chi connectivity index (χ0v) is 34.5. The maximum atomic E-state index is 15.3. The summed E-state index contributed by atoms with van der Waals surface area (Å²) in [6.07, 6.45) is 28.2. The third kappa shape index (κ3) is 7.82. The van der Waals surface area contributed by atoms with Crippen molar-refractivity contribution in [2.75, 3.05) is 0 Å². The molecule has 0 amide bonds. The Labute approximate surface area is 299 Å². The molecule has 0 spiro atoms. The normalized spacial score (nSPS) is 21.7. The molecule has 0 N–H and O–H groups in total. The molecule has 2 aromatic carbocycles. The highest BCUT2D eigenvalue weighted by atomic mass is 31.1. The summed E-state index contributed by atoms with van der Waals surface area (Å²) < 4.78 is 0. The van der Waals surface area contributed by atoms with Crippen molar-refractivity contribution in [2.24, 2.45) is 0 Å². The molecule has 0 atom stereocenters. The van der Waals surface area contributed by atoms with Gasteiger partial charge >= 0.3 is 0 Å². The molecule has 0 aromatic heterocycles. The first kappa shape index (κ1) is 37.0. The van der Waals surface area contributed by atoms with Crippen LogP contribution in [0, 0.1) is 6.92 Å². The summed E-state index contributed by atoms with van der Waals surface area (Å²) in [7, 11) is -2.94. The van der Waals surface area contributed by atoms with E-state index in [1.807, 2.05) is 0 Å². The molecule has 0 aliphatic heterocycles. The van der Waals surface area contributed by atoms with Crippen LogP contribution in [0.5, 0.6) is 0 Å². The average molecular weight is 703 g/mol. The maximum absolute atomic E-state index is 15.3. The second-order valence-corrected chi connectivity index (χ2v) is 28.6. The molecule has 0 radical (unpaired) electrons. The predicted molar refractivity (Wildman–Crippen MR) is 219 cm³/mol. The first-order valence-corrected chi connectivity index (χ1v) is 26.4. The molecule has 0 bridgehead atoms. The third-order valence-electron chi connectivity index (χ3n) is 13.7. The van der Waals surface area contributed by atoms with Crippen molar-refractivity contribution < 1.29 is 4.79 Å². The van der Waals surface area contributed by atoms with Gasteiger partial charge in [-0.25, -0.2) is 0 Å². The van der Waals surface area contributed by atoms with E-state index in [0.717, 1.165) is 28.2 Å². The van der Waals surface area contributed by atoms with Crippen LogP contribution in [0.2, 0.25) is 18.1 Å². The highest BCUT2D eigenvalue weighted by Crippen LogP contribution is 2.59. The van der Waals surface area contributed by atoms with Crippen molar-refractivity contribution in [3.05, 3.63) is 47.5 Å². The van der Waals surface area contributed by atoms with Crippen LogP contribution in [0.25, 0.3) is 11.1 Å². The Hall–Kier alpha value is -0.813. The summed E-state index contributed by atoms with van der Waals surface area (Å²) in [5, 5.41) is 3.86. The van der Waals surface area contributed by atoms with Crippen molar-refractivity contribution in [3.63, 3.8) is 0 Å². The summed E-state index contributed by atoms with van der Waals surface area (Å²) in [4.78, 5) is 15.3. The predicted octanol–water partition coefficient (Wildman–Crippen LogP) is 13.4. The van der Waals surface area contributed by atoms with Crippen LogP contribution in [0.3, 0.4) is 0 Å². The first-order valence-electron chi connectivity index (χ1n) is 20.4. The van der Waals surface area contributed by atoms with E-state index in [4.69, 9.17) is 0 Å². The Kier molecular flexibility index (Phi) is 12.5. The third-order valence-corrected chi connectivity index (χ3v) is 25.9. The Morgan fingerprint density at radius 3 is 1.29 bits per heavy atom. The van der Waals surface area contributed by atoms with Crippen molar-refractivity contribution in [3.8, 4) is 11.1 Å². The fraction of sp³-hybridized carbons (Fsp3) is 0.705. The van der Waals surface area contributed by atoms with Gasteiger partial charge in [0, 0.05) is 11.1 Å². The van der Waals surface area contributed by atoms with Crippen LogP contribution in [0.15, 0.2) is 36.4 Å². The summed E-state index contributed by atoms with van der Waals surface area (Å²) in [6, 6.07) is 14.6. The largest absolute Gasteiger partial charge is 0.300 e. The van der Waals surface area contributed by atoms with E-state index in [1.54, 1.807) is 10.6 Å². The van der Waals surface area contributed by atoms with Crippen LogP contribution >= 0.6 is 15.8 Å². The zero-order chi connectivity index (χ0) is 33.9. The maximum Gasteiger partial charge on any atom is 0.141 e. The van der Waals surface area contributed by atoms with Gasteiger partial charge in [-0.05, 0) is 108 Å². The number of carbonyl (C=O) groups is 1. The number of hydrogen-bond donors (Lipinski definition) is 0. The average Bonchev–Trinajstić information content (AvgIpc) is 3.10. The van der Waals surface area contributed by atoms with Crippen LogP contribution < -0.4 is 10.6 Å². The minimum Gasteiger partial charge on any atom is -0.300 e. The Morgan fingerprint density at radius 2 is 0.917 bits per heavy atom. The highest BCUT2D eigenvalue weighted by molar-refractivity contribution is 7.68. The van der Waals surface area contributed by atoms with E-state index in [1.165, 1.54) is 145 Å². The molecule has 6 rings (SSSR count). The smallest absolute Gasteiger partial charge is 0.141 e. The summed E-state index contributed by atoms with van der Waals surface area (Å²) in [5.74, 6) is 0. The van der Waals surface area contributed by atoms with Crippen molar-refractivity contribution >= 4 is 39.9 Å². The van der Waals surface area contributed by atoms with Gasteiger partial charge in [0.1, 0.15) is 13.5 Å². The first-order chi connectivity index (χ1) is 23.1. The number of benzene rings is 2. The molecular weight excluding hydrogens is 635 g/mol. The standard InChI is InChI=1S/C44H68OP2Si/c1-33-21-19-31-39(46(34-22-11-7-12-23-34)35-24-13-8-14-25-35)41(33)42-38(43(45)48(5,6)44(2,3)4)30-20-32-40(42)47(36-26-15-9-16-27-36)37-28-17-10-18-29-37/h19-21,30-32,34-37H,7-18,22-29H2,1-6H3. The van der Waals surface area contributed by atoms with Gasteiger partial charge in [-0.2, -0.15) is 0 Å². The quantitative estimate of drug-likeness (QED) is 0.188. The van der Waals surface area contributed by atoms with Crippen LogP contribution in [0.4, 0.5) is 0 Å². The molecule has 2 aromatic rings. The molecule has 0 saturated heterocycles. The van der Waals surface area contributed by atoms with Crippen molar-refractivity contribution in [1.29, 1.82) is 0 Å². The van der Waals surface area contributed by atoms with E-state index >= 15 is 4.79 Å². The van der Waals surface area contributed by atoms with Crippen LogP contribution in [0.1, 0.15) is 165 Å². The van der Waals surface area contributed by atoms with E-state index in [0.29, 0.717) is 5.41 Å². The minimum absolute atomic E-state index is 0.0141. The molecule has 0 unspecified atom stereocenters. The summed E-state index contributed by atoms with van der Waals surface area (Å²) in [5.41, 5.74) is 8.86. The molecule has 4 aliphatic carbocycles. The molecule has 48 heavy (non-hydrogen) atoms. The Morgan fingerprint density at radius 1 is 0.562 bits per heavy atom. The Bertz CT molecular complexity index is 1330. The lowest BCUT2D eigenvalue weighted by Gasteiger charge is -2.42. The molecule has 4 fully saturated rings. The van der Waals surface area contributed by atoms with Gasteiger partial charge in [-0.3, -0.25) is 0 Å². The van der Waals surface area contributed by atoms with Crippen molar-refractivity contribution in [1.82, 2.24) is 0 Å². The van der Waals surface area contributed by atoms with E-state index in [9.17, 15) is 0 Å². The van der Waals surface area contributed by atoms with Gasteiger partial charge in [0.05, 0.1) is 0 Å². The molecule has 4 heteroatoms. The fourth-order valence-corrected chi connectivity index (χ4v) is 19.5. The van der Waals surface area contributed by atoms with Gasteiger partial charge in [-0.15, -0.1) is 0 Å². The fourth-order valence-electron chi connectivity index (χ4n) is 9.90. The molecule has 264 valence electrons. The second-order valence-electron chi connectivity index (χ2n) is 17.9. The van der Waals surface area contributed by atoms with Gasteiger partial charge in [0.15, 0.2) is 0 Å². The lowest BCUT2D eigenvalue weighted by Crippen LogP contribution is -2.46. The molecule has 1 nitrogen and oxygen atoms in total. The zero-order valence-electron chi connectivity index (χ0n) is 31.7. The monoisotopic (exact) mass is 702 g/mol. The molecule has 4 aliphatic rings. The minimum atomic E-state index is -2.30. The molecule has 0 heterocycles. The molecule has 4 saturated carbocycles. The lowest BCUT2D eigenvalue weighted by atomic mass is 9.96. The highest BCUT2D eigenvalue weighted by Gasteiger charge is 2.45. The van der Waals surface area contributed by atoms with Gasteiger partial charge in [0.25, 0.3) is 0 Å². The topological polar surface area (TPSA) is 17.1 Å². The van der Waals surface area contributed by atoms with E-state index in [2.05, 4.69) is 77.2 Å². The van der Waals surface area contributed by atoms with Gasteiger partial charge < -0.3 is 4.79 Å². The molecular formula is C44H68OP2Si. The Balaban J connectivity index is 1.61. The summed E-state index contributed by atoms with van der Waals surface area (Å²) in [6.45, 7) is 14.2. The van der Waals surface area contributed by atoms with Crippen LogP contribution in [-0.4, -0.2) is 36.1 Å². The van der Waals surface area contributed by atoms with Gasteiger partial charge in [-0.1, -0.05) is 163 Å². The number of carbonyl (C=O) groups excluding carboxylic acids is 1. The second kappa shape index (κ2) is 16.2. The number of rotatable bonds is 9. The van der Waals surface area contributed by atoms with E-state index < -0.39 is 8.07 Å². The number of hydrogen-bond acceptors (Lipinski definition) is 1. The van der Waals surface area contributed by atoms with Gasteiger partial charge in [0.2, 0.25) is 0 Å². The SMILES string of the molecule is Cc1cccc(P(C2CCCCC2)C2CCCCC2)c1-c1c(C(=O)[Si](C)(C)C(C)(C)C)cccc1P(C1CCCCC1)C1CCCCC1. The number of aryl methyl sites for hydroxylation is 1. The van der Waals surface area contributed by atoms with E-state index in [-0.39, 0.29) is 20.9 Å².